The number of benzene rings is 1. The van der Waals surface area contributed by atoms with Crippen molar-refractivity contribution in [3.8, 4) is 5.75 Å². The van der Waals surface area contributed by atoms with Gasteiger partial charge in [-0.3, -0.25) is 0 Å². The molecular weight excluding hydrogens is 493 g/mol. The Labute approximate surface area is 185 Å². The van der Waals surface area contributed by atoms with Crippen LogP contribution in [0.4, 0.5) is 0 Å². The molecule has 0 saturated carbocycles. The van der Waals surface area contributed by atoms with Crippen molar-refractivity contribution < 1.29 is 17.9 Å². The molecule has 160 valence electrons. The molecular formula is C19H32IN3O4S. The quantitative estimate of drug-likeness (QED) is 0.292. The van der Waals surface area contributed by atoms with E-state index in [9.17, 15) is 8.42 Å². The van der Waals surface area contributed by atoms with Crippen molar-refractivity contribution in [1.29, 1.82) is 0 Å². The monoisotopic (exact) mass is 525 g/mol. The molecule has 0 radical (unpaired) electrons. The summed E-state index contributed by atoms with van der Waals surface area (Å²) in [7, 11) is -3.00. The molecule has 1 atom stereocenters. The van der Waals surface area contributed by atoms with Crippen LogP contribution in [-0.4, -0.2) is 58.3 Å². The summed E-state index contributed by atoms with van der Waals surface area (Å²) in [5.41, 5.74) is 2.12. The first kappa shape index (κ1) is 25.0. The van der Waals surface area contributed by atoms with Gasteiger partial charge in [0.1, 0.15) is 11.9 Å². The molecule has 1 saturated heterocycles. The lowest BCUT2D eigenvalue weighted by molar-refractivity contribution is 0.140. The Morgan fingerprint density at radius 3 is 2.75 bits per heavy atom. The number of rotatable bonds is 9. The lowest BCUT2D eigenvalue weighted by atomic mass is 10.1. The molecule has 0 aromatic heterocycles. The zero-order valence-corrected chi connectivity index (χ0v) is 20.0. The van der Waals surface area contributed by atoms with E-state index in [0.29, 0.717) is 32.2 Å². The van der Waals surface area contributed by atoms with Gasteiger partial charge in [0, 0.05) is 30.8 Å². The predicted octanol–water partition coefficient (Wildman–Crippen LogP) is 2.27. The van der Waals surface area contributed by atoms with E-state index in [1.165, 1.54) is 0 Å². The van der Waals surface area contributed by atoms with E-state index in [2.05, 4.69) is 15.6 Å². The summed E-state index contributed by atoms with van der Waals surface area (Å²) >= 11 is 0. The summed E-state index contributed by atoms with van der Waals surface area (Å²) in [5.74, 6) is 1.67. The third-order valence-electron chi connectivity index (χ3n) is 4.30. The maximum Gasteiger partial charge on any atom is 0.191 e. The van der Waals surface area contributed by atoms with Crippen LogP contribution in [0.2, 0.25) is 0 Å². The van der Waals surface area contributed by atoms with Crippen LogP contribution in [0.5, 0.6) is 5.75 Å². The first-order chi connectivity index (χ1) is 12.9. The average Bonchev–Trinajstić information content (AvgIpc) is 3.14. The molecule has 0 bridgehead atoms. The standard InChI is InChI=1S/C19H31N3O4S.HI/c1-4-20-19(21-9-11-27(23,24)5-2)22-13-16-7-6-15(3)12-18(16)26-17-8-10-25-14-17;/h6-7,12,17H,4-5,8-11,13-14H2,1-3H3,(H2,20,21,22);1H. The van der Waals surface area contributed by atoms with Crippen molar-refractivity contribution in [1.82, 2.24) is 10.6 Å². The highest BCUT2D eigenvalue weighted by atomic mass is 127. The van der Waals surface area contributed by atoms with Crippen LogP contribution in [0.25, 0.3) is 0 Å². The number of guanidine groups is 1. The van der Waals surface area contributed by atoms with Gasteiger partial charge >= 0.3 is 0 Å². The Hall–Kier alpha value is -1.07. The molecule has 1 fully saturated rings. The third kappa shape index (κ3) is 8.52. The predicted molar refractivity (Wildman–Crippen MR) is 124 cm³/mol. The van der Waals surface area contributed by atoms with Gasteiger partial charge in [0.25, 0.3) is 0 Å². The van der Waals surface area contributed by atoms with Gasteiger partial charge < -0.3 is 20.1 Å². The van der Waals surface area contributed by atoms with Gasteiger partial charge in [-0.1, -0.05) is 19.1 Å². The Morgan fingerprint density at radius 1 is 1.32 bits per heavy atom. The SMILES string of the molecule is CCNC(=NCc1ccc(C)cc1OC1CCOC1)NCCS(=O)(=O)CC.I. The molecule has 2 N–H and O–H groups in total. The van der Waals surface area contributed by atoms with Gasteiger partial charge in [-0.05, 0) is 25.5 Å². The first-order valence-electron chi connectivity index (χ1n) is 9.50. The van der Waals surface area contributed by atoms with Crippen LogP contribution in [0.3, 0.4) is 0 Å². The minimum Gasteiger partial charge on any atom is -0.488 e. The zero-order valence-electron chi connectivity index (χ0n) is 16.9. The van der Waals surface area contributed by atoms with Gasteiger partial charge in [-0.15, -0.1) is 24.0 Å². The summed E-state index contributed by atoms with van der Waals surface area (Å²) in [6, 6.07) is 6.09. The molecule has 28 heavy (non-hydrogen) atoms. The Morgan fingerprint density at radius 2 is 2.11 bits per heavy atom. The maximum absolute atomic E-state index is 11.6. The van der Waals surface area contributed by atoms with E-state index in [0.717, 1.165) is 29.9 Å². The zero-order chi connectivity index (χ0) is 19.7. The van der Waals surface area contributed by atoms with Crippen LogP contribution >= 0.6 is 24.0 Å². The molecule has 7 nitrogen and oxygen atoms in total. The minimum atomic E-state index is -3.00. The van der Waals surface area contributed by atoms with E-state index >= 15 is 0 Å². The Bertz CT molecular complexity index is 735. The van der Waals surface area contributed by atoms with Crippen molar-refractivity contribution in [3.63, 3.8) is 0 Å². The highest BCUT2D eigenvalue weighted by Gasteiger charge is 2.18. The molecule has 9 heteroatoms. The number of halogens is 1. The second-order valence-corrected chi connectivity index (χ2v) is 9.05. The smallest absolute Gasteiger partial charge is 0.191 e. The maximum atomic E-state index is 11.6. The highest BCUT2D eigenvalue weighted by Crippen LogP contribution is 2.24. The molecule has 1 heterocycles. The summed E-state index contributed by atoms with van der Waals surface area (Å²) < 4.78 is 34.8. The summed E-state index contributed by atoms with van der Waals surface area (Å²) in [6.45, 7) is 8.49. The fourth-order valence-corrected chi connectivity index (χ4v) is 3.36. The van der Waals surface area contributed by atoms with Crippen molar-refractivity contribution in [2.45, 2.75) is 39.8 Å². The number of nitrogens with zero attached hydrogens (tertiary/aromatic N) is 1. The highest BCUT2D eigenvalue weighted by molar-refractivity contribution is 14.0. The summed E-state index contributed by atoms with van der Waals surface area (Å²) in [5, 5.41) is 6.23. The molecule has 1 unspecified atom stereocenters. The van der Waals surface area contributed by atoms with Crippen LogP contribution in [0.15, 0.2) is 23.2 Å². The fraction of sp³-hybridized carbons (Fsp3) is 0.632. The molecule has 2 rings (SSSR count). The molecule has 0 aliphatic carbocycles. The van der Waals surface area contributed by atoms with Crippen LogP contribution in [-0.2, 0) is 21.1 Å². The average molecular weight is 525 g/mol. The lowest BCUT2D eigenvalue weighted by Crippen LogP contribution is -2.39. The number of hydrogen-bond donors (Lipinski definition) is 2. The number of nitrogens with one attached hydrogen (secondary N) is 2. The summed E-state index contributed by atoms with van der Waals surface area (Å²) in [4.78, 5) is 4.58. The van der Waals surface area contributed by atoms with Crippen LogP contribution in [0, 0.1) is 6.92 Å². The van der Waals surface area contributed by atoms with Crippen LogP contribution in [0.1, 0.15) is 31.4 Å². The molecule has 1 aliphatic heterocycles. The minimum absolute atomic E-state index is 0. The van der Waals surface area contributed by atoms with E-state index in [4.69, 9.17) is 9.47 Å². The largest absolute Gasteiger partial charge is 0.488 e. The third-order valence-corrected chi connectivity index (χ3v) is 6.01. The van der Waals surface area contributed by atoms with Crippen molar-refractivity contribution in [3.05, 3.63) is 29.3 Å². The number of sulfone groups is 1. The van der Waals surface area contributed by atoms with Crippen molar-refractivity contribution in [2.75, 3.05) is 37.8 Å². The van der Waals surface area contributed by atoms with E-state index in [-0.39, 0.29) is 41.6 Å². The number of aryl methyl sites for hydroxylation is 1. The second-order valence-electron chi connectivity index (χ2n) is 6.57. The van der Waals surface area contributed by atoms with Gasteiger partial charge in [-0.25, -0.2) is 13.4 Å². The van der Waals surface area contributed by atoms with Gasteiger partial charge in [0.15, 0.2) is 15.8 Å². The van der Waals surface area contributed by atoms with E-state index in [1.807, 2.05) is 32.0 Å². The first-order valence-corrected chi connectivity index (χ1v) is 11.3. The number of hydrogen-bond acceptors (Lipinski definition) is 5. The van der Waals surface area contributed by atoms with Crippen molar-refractivity contribution in [2.24, 2.45) is 4.99 Å². The van der Waals surface area contributed by atoms with E-state index < -0.39 is 9.84 Å². The van der Waals surface area contributed by atoms with Gasteiger partial charge in [-0.2, -0.15) is 0 Å². The second kappa shape index (κ2) is 12.5. The van der Waals surface area contributed by atoms with Gasteiger partial charge in [0.05, 0.1) is 25.5 Å². The molecule has 0 spiro atoms. The fourth-order valence-electron chi connectivity index (χ4n) is 2.66. The van der Waals surface area contributed by atoms with E-state index in [1.54, 1.807) is 6.92 Å². The molecule has 0 amide bonds. The summed E-state index contributed by atoms with van der Waals surface area (Å²) in [6.07, 6.45) is 0.979. The topological polar surface area (TPSA) is 89.0 Å². The molecule has 1 aliphatic rings. The Balaban J connectivity index is 0.00000392. The lowest BCUT2D eigenvalue weighted by Gasteiger charge is -2.16. The normalized spacial score (nSPS) is 17.1. The molecule has 1 aromatic rings. The van der Waals surface area contributed by atoms with Crippen molar-refractivity contribution >= 4 is 39.8 Å². The molecule has 1 aromatic carbocycles. The van der Waals surface area contributed by atoms with Gasteiger partial charge in [0.2, 0.25) is 0 Å². The number of ether oxygens (including phenoxy) is 2. The van der Waals surface area contributed by atoms with Crippen LogP contribution < -0.4 is 15.4 Å². The number of aliphatic imine (C=N–C) groups is 1. The Kier molecular flexibility index (Phi) is 11.1.